The number of carbonyl (C=O) groups is 1. The number of likely N-dealkylation sites (tertiary alicyclic amines) is 1. The van der Waals surface area contributed by atoms with E-state index >= 15 is 0 Å². The molecule has 1 amide bonds. The highest BCUT2D eigenvalue weighted by molar-refractivity contribution is 5.85. The first-order valence-corrected chi connectivity index (χ1v) is 9.10. The summed E-state index contributed by atoms with van der Waals surface area (Å²) in [5.41, 5.74) is 1.87. The number of aryl methyl sites for hydroxylation is 1. The van der Waals surface area contributed by atoms with Crippen molar-refractivity contribution in [3.05, 3.63) is 35.1 Å². The quantitative estimate of drug-likeness (QED) is 0.838. The summed E-state index contributed by atoms with van der Waals surface area (Å²) in [4.78, 5) is 14.4. The van der Waals surface area contributed by atoms with Crippen LogP contribution in [0.25, 0.3) is 0 Å². The Hall–Kier alpha value is -1.17. The molecule has 140 valence electrons. The number of halogens is 2. The highest BCUT2D eigenvalue weighted by Crippen LogP contribution is 2.20. The van der Waals surface area contributed by atoms with E-state index in [1.54, 1.807) is 6.07 Å². The zero-order valence-electron chi connectivity index (χ0n) is 14.9. The summed E-state index contributed by atoms with van der Waals surface area (Å²) < 4.78 is 14.0. The van der Waals surface area contributed by atoms with Crippen LogP contribution in [0.3, 0.4) is 0 Å². The van der Waals surface area contributed by atoms with Gasteiger partial charge in [0.2, 0.25) is 5.91 Å². The van der Waals surface area contributed by atoms with Crippen molar-refractivity contribution in [3.63, 3.8) is 0 Å². The third-order valence-corrected chi connectivity index (χ3v) is 5.14. The van der Waals surface area contributed by atoms with Gasteiger partial charge in [-0.2, -0.15) is 0 Å². The third kappa shape index (κ3) is 5.66. The first kappa shape index (κ1) is 20.1. The van der Waals surface area contributed by atoms with Gasteiger partial charge in [-0.25, -0.2) is 4.39 Å². The Morgan fingerprint density at radius 3 is 2.96 bits per heavy atom. The fourth-order valence-electron chi connectivity index (χ4n) is 3.80. The second-order valence-corrected chi connectivity index (χ2v) is 7.23. The lowest BCUT2D eigenvalue weighted by Crippen LogP contribution is -2.45. The van der Waals surface area contributed by atoms with E-state index in [-0.39, 0.29) is 30.2 Å². The molecule has 1 aromatic rings. The van der Waals surface area contributed by atoms with Crippen molar-refractivity contribution in [3.8, 4) is 0 Å². The van der Waals surface area contributed by atoms with E-state index in [4.69, 9.17) is 0 Å². The Morgan fingerprint density at radius 2 is 2.20 bits per heavy atom. The first-order chi connectivity index (χ1) is 11.6. The van der Waals surface area contributed by atoms with Crippen LogP contribution in [0.4, 0.5) is 4.39 Å². The van der Waals surface area contributed by atoms with E-state index in [0.717, 1.165) is 63.0 Å². The molecule has 2 atom stereocenters. The molecule has 2 N–H and O–H groups in total. The maximum absolute atomic E-state index is 14.0. The van der Waals surface area contributed by atoms with Crippen molar-refractivity contribution < 1.29 is 9.18 Å². The van der Waals surface area contributed by atoms with Crippen LogP contribution in [0.5, 0.6) is 0 Å². The standard InChI is InChI=1S/C19H28FN3O.ClH/c1-14-6-7-17(20)16(10-14)13-23-9-3-4-15(12-23)11-22-19(24)18-5-2-8-21-18;/h6-7,10,15,18,21H,2-5,8-9,11-13H2,1H3,(H,22,24);1H. The van der Waals surface area contributed by atoms with Gasteiger partial charge in [0.1, 0.15) is 5.82 Å². The average molecular weight is 370 g/mol. The van der Waals surface area contributed by atoms with Gasteiger partial charge in [0.05, 0.1) is 6.04 Å². The molecule has 2 aliphatic heterocycles. The lowest BCUT2D eigenvalue weighted by atomic mass is 9.97. The molecule has 0 radical (unpaired) electrons. The van der Waals surface area contributed by atoms with Crippen molar-refractivity contribution in [2.75, 3.05) is 26.2 Å². The van der Waals surface area contributed by atoms with Gasteiger partial charge in [0, 0.05) is 25.2 Å². The molecular formula is C19H29ClFN3O. The smallest absolute Gasteiger partial charge is 0.237 e. The number of hydrogen-bond donors (Lipinski definition) is 2. The predicted octanol–water partition coefficient (Wildman–Crippen LogP) is 2.64. The summed E-state index contributed by atoms with van der Waals surface area (Å²) in [6.45, 7) is 6.24. The number of amides is 1. The van der Waals surface area contributed by atoms with Gasteiger partial charge in [-0.05, 0) is 57.7 Å². The molecule has 6 heteroatoms. The van der Waals surface area contributed by atoms with Crippen LogP contribution in [0.1, 0.15) is 36.8 Å². The van der Waals surface area contributed by atoms with E-state index in [1.807, 2.05) is 19.1 Å². The minimum atomic E-state index is -0.122. The van der Waals surface area contributed by atoms with Gasteiger partial charge in [0.15, 0.2) is 0 Å². The van der Waals surface area contributed by atoms with Crippen molar-refractivity contribution in [2.45, 2.75) is 45.2 Å². The Kier molecular flexibility index (Phi) is 7.66. The average Bonchev–Trinajstić information content (AvgIpc) is 3.11. The summed E-state index contributed by atoms with van der Waals surface area (Å²) in [5, 5.41) is 6.33. The highest BCUT2D eigenvalue weighted by Gasteiger charge is 2.25. The molecule has 2 aliphatic rings. The number of nitrogens with zero attached hydrogens (tertiary/aromatic N) is 1. The number of rotatable bonds is 5. The van der Waals surface area contributed by atoms with E-state index in [0.29, 0.717) is 12.5 Å². The third-order valence-electron chi connectivity index (χ3n) is 5.14. The van der Waals surface area contributed by atoms with Gasteiger partial charge in [-0.1, -0.05) is 17.7 Å². The number of hydrogen-bond acceptors (Lipinski definition) is 3. The fraction of sp³-hybridized carbons (Fsp3) is 0.632. The Balaban J connectivity index is 0.00000225. The molecule has 3 rings (SSSR count). The number of nitrogens with one attached hydrogen (secondary N) is 2. The molecule has 2 saturated heterocycles. The summed E-state index contributed by atoms with van der Waals surface area (Å²) in [5.74, 6) is 0.467. The zero-order valence-corrected chi connectivity index (χ0v) is 15.7. The van der Waals surface area contributed by atoms with E-state index in [2.05, 4.69) is 15.5 Å². The number of piperidine rings is 1. The first-order valence-electron chi connectivity index (χ1n) is 9.10. The summed E-state index contributed by atoms with van der Waals surface area (Å²) in [6.07, 6.45) is 4.26. The SMILES string of the molecule is Cc1ccc(F)c(CN2CCCC(CNC(=O)C3CCCN3)C2)c1.Cl. The van der Waals surface area contributed by atoms with Crippen LogP contribution in [0.15, 0.2) is 18.2 Å². The molecule has 4 nitrogen and oxygen atoms in total. The lowest BCUT2D eigenvalue weighted by Gasteiger charge is -2.33. The largest absolute Gasteiger partial charge is 0.354 e. The van der Waals surface area contributed by atoms with Crippen LogP contribution in [0, 0.1) is 18.7 Å². The van der Waals surface area contributed by atoms with Crippen molar-refractivity contribution >= 4 is 18.3 Å². The fourth-order valence-corrected chi connectivity index (χ4v) is 3.80. The van der Waals surface area contributed by atoms with Crippen LogP contribution in [-0.4, -0.2) is 43.0 Å². The Morgan fingerprint density at radius 1 is 1.36 bits per heavy atom. The summed E-state index contributed by atoms with van der Waals surface area (Å²) >= 11 is 0. The molecule has 0 spiro atoms. The van der Waals surface area contributed by atoms with Crippen molar-refractivity contribution in [2.24, 2.45) is 5.92 Å². The molecule has 2 unspecified atom stereocenters. The second kappa shape index (κ2) is 9.51. The van der Waals surface area contributed by atoms with Gasteiger partial charge in [-0.15, -0.1) is 12.4 Å². The predicted molar refractivity (Wildman–Crippen MR) is 100 cm³/mol. The van der Waals surface area contributed by atoms with Crippen LogP contribution >= 0.6 is 12.4 Å². The molecule has 2 fully saturated rings. The minimum Gasteiger partial charge on any atom is -0.354 e. The normalized spacial score (nSPS) is 23.9. The van der Waals surface area contributed by atoms with E-state index in [9.17, 15) is 9.18 Å². The Labute approximate surface area is 156 Å². The molecule has 0 bridgehead atoms. The monoisotopic (exact) mass is 369 g/mol. The van der Waals surface area contributed by atoms with Gasteiger partial charge in [0.25, 0.3) is 0 Å². The van der Waals surface area contributed by atoms with Crippen molar-refractivity contribution in [1.82, 2.24) is 15.5 Å². The molecule has 0 aromatic heterocycles. The van der Waals surface area contributed by atoms with Crippen molar-refractivity contribution in [1.29, 1.82) is 0 Å². The van der Waals surface area contributed by atoms with Crippen LogP contribution in [0.2, 0.25) is 0 Å². The minimum absolute atomic E-state index is 0. The van der Waals surface area contributed by atoms with Gasteiger partial charge in [-0.3, -0.25) is 9.69 Å². The highest BCUT2D eigenvalue weighted by atomic mass is 35.5. The maximum atomic E-state index is 14.0. The second-order valence-electron chi connectivity index (χ2n) is 7.23. The molecular weight excluding hydrogens is 341 g/mol. The van der Waals surface area contributed by atoms with Gasteiger partial charge >= 0.3 is 0 Å². The van der Waals surface area contributed by atoms with Crippen LogP contribution < -0.4 is 10.6 Å². The Bertz CT molecular complexity index is 578. The molecule has 25 heavy (non-hydrogen) atoms. The van der Waals surface area contributed by atoms with Gasteiger partial charge < -0.3 is 10.6 Å². The molecule has 2 heterocycles. The van der Waals surface area contributed by atoms with E-state index in [1.165, 1.54) is 0 Å². The zero-order chi connectivity index (χ0) is 16.9. The van der Waals surface area contributed by atoms with E-state index < -0.39 is 0 Å². The molecule has 0 saturated carbocycles. The number of carbonyl (C=O) groups excluding carboxylic acids is 1. The molecule has 0 aliphatic carbocycles. The maximum Gasteiger partial charge on any atom is 0.237 e. The number of benzene rings is 1. The topological polar surface area (TPSA) is 44.4 Å². The summed E-state index contributed by atoms with van der Waals surface area (Å²) in [7, 11) is 0. The summed E-state index contributed by atoms with van der Waals surface area (Å²) in [6, 6.07) is 5.30. The van der Waals surface area contributed by atoms with Crippen LogP contribution in [-0.2, 0) is 11.3 Å². The molecule has 1 aromatic carbocycles. The lowest BCUT2D eigenvalue weighted by molar-refractivity contribution is -0.123.